The number of benzene rings is 1. The molecular formula is C12H16N2O3. The van der Waals surface area contributed by atoms with Crippen molar-refractivity contribution in [3.05, 3.63) is 23.8 Å². The van der Waals surface area contributed by atoms with Gasteiger partial charge in [0.05, 0.1) is 5.69 Å². The highest BCUT2D eigenvalue weighted by Crippen LogP contribution is 2.28. The first kappa shape index (κ1) is 11.7. The van der Waals surface area contributed by atoms with Crippen LogP contribution in [0.5, 0.6) is 5.75 Å². The zero-order valence-corrected chi connectivity index (χ0v) is 9.48. The Morgan fingerprint density at radius 3 is 3.18 bits per heavy atom. The van der Waals surface area contributed by atoms with E-state index in [9.17, 15) is 4.79 Å². The zero-order valence-electron chi connectivity index (χ0n) is 9.48. The van der Waals surface area contributed by atoms with Gasteiger partial charge in [-0.05, 0) is 30.5 Å². The van der Waals surface area contributed by atoms with Gasteiger partial charge in [0.2, 0.25) is 0 Å². The van der Waals surface area contributed by atoms with E-state index in [1.807, 2.05) is 18.2 Å². The lowest BCUT2D eigenvalue weighted by Crippen LogP contribution is -2.30. The standard InChI is InChI=1S/C12H16N2O3/c13-9(12(15)16)3-1-8-2-4-10-11(7-8)17-6-5-14-10/h2,4,7,9,14H,1,3,5-6,13H2,(H,15,16)/t9-/m0/s1. The van der Waals surface area contributed by atoms with Gasteiger partial charge in [-0.2, -0.15) is 0 Å². The molecule has 1 atom stereocenters. The molecule has 1 heterocycles. The molecule has 17 heavy (non-hydrogen) atoms. The van der Waals surface area contributed by atoms with E-state index in [4.69, 9.17) is 15.6 Å². The van der Waals surface area contributed by atoms with Gasteiger partial charge in [0.25, 0.3) is 0 Å². The Labute approximate surface area is 99.6 Å². The minimum absolute atomic E-state index is 0.432. The number of carbonyl (C=O) groups is 1. The average molecular weight is 236 g/mol. The molecule has 0 saturated heterocycles. The van der Waals surface area contributed by atoms with Crippen LogP contribution in [0.2, 0.25) is 0 Å². The van der Waals surface area contributed by atoms with Crippen molar-refractivity contribution in [3.8, 4) is 5.75 Å². The number of aliphatic carboxylic acids is 1. The molecule has 0 unspecified atom stereocenters. The Morgan fingerprint density at radius 1 is 1.59 bits per heavy atom. The number of carboxylic acids is 1. The third-order valence-corrected chi connectivity index (χ3v) is 2.78. The molecule has 0 radical (unpaired) electrons. The third-order valence-electron chi connectivity index (χ3n) is 2.78. The zero-order chi connectivity index (χ0) is 12.3. The summed E-state index contributed by atoms with van der Waals surface area (Å²) in [6.07, 6.45) is 1.08. The number of nitrogens with one attached hydrogen (secondary N) is 1. The second-order valence-corrected chi connectivity index (χ2v) is 4.09. The maximum absolute atomic E-state index is 10.6. The number of hydrogen-bond acceptors (Lipinski definition) is 4. The van der Waals surface area contributed by atoms with Crippen LogP contribution in [0.4, 0.5) is 5.69 Å². The maximum Gasteiger partial charge on any atom is 0.320 e. The summed E-state index contributed by atoms with van der Waals surface area (Å²) in [6, 6.07) is 5.06. The van der Waals surface area contributed by atoms with Crippen molar-refractivity contribution >= 4 is 11.7 Å². The highest BCUT2D eigenvalue weighted by atomic mass is 16.5. The first-order chi connectivity index (χ1) is 8.16. The number of hydrogen-bond donors (Lipinski definition) is 3. The monoisotopic (exact) mass is 236 g/mol. The average Bonchev–Trinajstić information content (AvgIpc) is 2.35. The van der Waals surface area contributed by atoms with Crippen LogP contribution in [0, 0.1) is 0 Å². The van der Waals surface area contributed by atoms with E-state index in [0.717, 1.165) is 23.5 Å². The normalized spacial score (nSPS) is 15.4. The van der Waals surface area contributed by atoms with E-state index in [0.29, 0.717) is 19.4 Å². The summed E-state index contributed by atoms with van der Waals surface area (Å²) < 4.78 is 5.51. The summed E-state index contributed by atoms with van der Waals surface area (Å²) >= 11 is 0. The highest BCUT2D eigenvalue weighted by Gasteiger charge is 2.13. The molecule has 0 saturated carbocycles. The lowest BCUT2D eigenvalue weighted by molar-refractivity contribution is -0.138. The Morgan fingerprint density at radius 2 is 2.41 bits per heavy atom. The van der Waals surface area contributed by atoms with Gasteiger partial charge in [-0.1, -0.05) is 6.07 Å². The summed E-state index contributed by atoms with van der Waals surface area (Å²) in [5.41, 5.74) is 7.49. The van der Waals surface area contributed by atoms with Gasteiger partial charge in [-0.3, -0.25) is 4.79 Å². The Bertz CT molecular complexity index is 420. The quantitative estimate of drug-likeness (QED) is 0.721. The molecule has 5 nitrogen and oxygen atoms in total. The third kappa shape index (κ3) is 2.88. The van der Waals surface area contributed by atoms with Crippen LogP contribution in [0.3, 0.4) is 0 Å². The van der Waals surface area contributed by atoms with Crippen LogP contribution in [-0.4, -0.2) is 30.3 Å². The molecule has 2 rings (SSSR count). The Kier molecular flexibility index (Phi) is 3.49. The molecule has 1 aliphatic heterocycles. The first-order valence-corrected chi connectivity index (χ1v) is 5.65. The number of anilines is 1. The SMILES string of the molecule is N[C@@H](CCc1ccc2c(c1)OCCN2)C(=O)O. The summed E-state index contributed by atoms with van der Waals surface area (Å²) in [5, 5.41) is 11.9. The topological polar surface area (TPSA) is 84.6 Å². The van der Waals surface area contributed by atoms with E-state index in [2.05, 4.69) is 5.32 Å². The van der Waals surface area contributed by atoms with Crippen molar-refractivity contribution in [2.75, 3.05) is 18.5 Å². The number of rotatable bonds is 4. The van der Waals surface area contributed by atoms with Gasteiger partial charge in [0.15, 0.2) is 0 Å². The van der Waals surface area contributed by atoms with Crippen LogP contribution in [-0.2, 0) is 11.2 Å². The van der Waals surface area contributed by atoms with Crippen LogP contribution in [0.25, 0.3) is 0 Å². The van der Waals surface area contributed by atoms with Crippen molar-refractivity contribution in [1.82, 2.24) is 0 Å². The molecule has 92 valence electrons. The highest BCUT2D eigenvalue weighted by molar-refractivity contribution is 5.73. The van der Waals surface area contributed by atoms with Crippen molar-refractivity contribution in [1.29, 1.82) is 0 Å². The van der Waals surface area contributed by atoms with Crippen molar-refractivity contribution in [3.63, 3.8) is 0 Å². The molecule has 0 spiro atoms. The molecule has 5 heteroatoms. The molecule has 1 aliphatic rings. The number of fused-ring (bicyclic) bond motifs is 1. The number of nitrogens with two attached hydrogens (primary N) is 1. The van der Waals surface area contributed by atoms with Gasteiger partial charge in [-0.15, -0.1) is 0 Å². The van der Waals surface area contributed by atoms with Crippen LogP contribution < -0.4 is 15.8 Å². The van der Waals surface area contributed by atoms with Crippen molar-refractivity contribution in [2.45, 2.75) is 18.9 Å². The van der Waals surface area contributed by atoms with E-state index in [1.54, 1.807) is 0 Å². The summed E-state index contributed by atoms with van der Waals surface area (Å²) in [7, 11) is 0. The number of carboxylic acid groups (broad SMARTS) is 1. The van der Waals surface area contributed by atoms with E-state index in [-0.39, 0.29) is 0 Å². The van der Waals surface area contributed by atoms with Gasteiger partial charge < -0.3 is 20.9 Å². The summed E-state index contributed by atoms with van der Waals surface area (Å²) in [5.74, 6) is -0.126. The van der Waals surface area contributed by atoms with E-state index in [1.165, 1.54) is 0 Å². The lowest BCUT2D eigenvalue weighted by atomic mass is 10.0. The number of ether oxygens (including phenoxy) is 1. The van der Waals surface area contributed by atoms with Crippen LogP contribution >= 0.6 is 0 Å². The largest absolute Gasteiger partial charge is 0.490 e. The smallest absolute Gasteiger partial charge is 0.320 e. The van der Waals surface area contributed by atoms with Gasteiger partial charge in [-0.25, -0.2) is 0 Å². The predicted octanol–water partition coefficient (Wildman–Crippen LogP) is 0.835. The molecule has 0 aromatic heterocycles. The fourth-order valence-corrected chi connectivity index (χ4v) is 1.78. The second-order valence-electron chi connectivity index (χ2n) is 4.09. The molecule has 0 aliphatic carbocycles. The second kappa shape index (κ2) is 5.05. The molecule has 0 amide bonds. The minimum atomic E-state index is -0.958. The van der Waals surface area contributed by atoms with Gasteiger partial charge >= 0.3 is 5.97 Å². The van der Waals surface area contributed by atoms with Gasteiger partial charge in [0.1, 0.15) is 18.4 Å². The molecular weight excluding hydrogens is 220 g/mol. The molecule has 1 aromatic carbocycles. The molecule has 1 aromatic rings. The first-order valence-electron chi connectivity index (χ1n) is 5.65. The summed E-state index contributed by atoms with van der Waals surface area (Å²) in [4.78, 5) is 10.6. The van der Waals surface area contributed by atoms with Crippen molar-refractivity contribution in [2.24, 2.45) is 5.73 Å². The van der Waals surface area contributed by atoms with E-state index < -0.39 is 12.0 Å². The van der Waals surface area contributed by atoms with Crippen molar-refractivity contribution < 1.29 is 14.6 Å². The molecule has 0 bridgehead atoms. The predicted molar refractivity (Wildman–Crippen MR) is 64.4 cm³/mol. The lowest BCUT2D eigenvalue weighted by Gasteiger charge is -2.19. The fraction of sp³-hybridized carbons (Fsp3) is 0.417. The minimum Gasteiger partial charge on any atom is -0.490 e. The maximum atomic E-state index is 10.6. The van der Waals surface area contributed by atoms with Gasteiger partial charge in [0, 0.05) is 6.54 Å². The van der Waals surface area contributed by atoms with Crippen LogP contribution in [0.15, 0.2) is 18.2 Å². The number of aryl methyl sites for hydroxylation is 1. The Hall–Kier alpha value is -1.75. The summed E-state index contributed by atoms with van der Waals surface area (Å²) in [6.45, 7) is 1.47. The fourth-order valence-electron chi connectivity index (χ4n) is 1.78. The Balaban J connectivity index is 2.00. The van der Waals surface area contributed by atoms with E-state index >= 15 is 0 Å². The van der Waals surface area contributed by atoms with Crippen LogP contribution in [0.1, 0.15) is 12.0 Å². The molecule has 0 fully saturated rings. The molecule has 4 N–H and O–H groups in total.